The van der Waals surface area contributed by atoms with Crippen molar-refractivity contribution >= 4 is 28.4 Å². The second kappa shape index (κ2) is 8.23. The lowest BCUT2D eigenvalue weighted by molar-refractivity contribution is 0.393. The van der Waals surface area contributed by atoms with Gasteiger partial charge in [-0.2, -0.15) is 5.10 Å². The molecule has 0 bridgehead atoms. The first-order valence-corrected chi connectivity index (χ1v) is 11.7. The van der Waals surface area contributed by atoms with Gasteiger partial charge in [-0.3, -0.25) is 0 Å². The van der Waals surface area contributed by atoms with Gasteiger partial charge in [0.15, 0.2) is 0 Å². The second-order valence-corrected chi connectivity index (χ2v) is 9.02. The molecule has 4 aromatic rings. The molecule has 9 heteroatoms. The van der Waals surface area contributed by atoms with Crippen LogP contribution in [0, 0.1) is 13.8 Å². The number of benzene rings is 1. The van der Waals surface area contributed by atoms with Gasteiger partial charge >= 0.3 is 0 Å². The smallest absolute Gasteiger partial charge is 0.141 e. The highest BCUT2D eigenvalue weighted by Crippen LogP contribution is 2.41. The van der Waals surface area contributed by atoms with Crippen molar-refractivity contribution in [3.05, 3.63) is 40.9 Å². The first kappa shape index (κ1) is 22.1. The number of rotatable bonds is 5. The molecule has 0 aliphatic carbocycles. The highest BCUT2D eigenvalue weighted by atomic mass is 16.5. The van der Waals surface area contributed by atoms with Gasteiger partial charge in [-0.1, -0.05) is 19.0 Å². The Labute approximate surface area is 198 Å². The van der Waals surface area contributed by atoms with E-state index in [-0.39, 0.29) is 6.17 Å². The number of ether oxygens (including phenoxy) is 1. The van der Waals surface area contributed by atoms with Crippen LogP contribution in [-0.4, -0.2) is 39.0 Å². The van der Waals surface area contributed by atoms with E-state index in [2.05, 4.69) is 59.7 Å². The zero-order valence-corrected chi connectivity index (χ0v) is 20.7. The Kier molecular flexibility index (Phi) is 5.34. The standard InChI is InChI=1S/C25H31N7O2/c1-8-32-21(11-18(30-32)12(2)3)29-25-23-16-10-20(33-7)17(22-13(4)31-34-14(22)5)9-19(16)28-24(23)26-15(6)27-25/h9-12,15,26,28H,8H2,1-7H3,(H,27,29). The van der Waals surface area contributed by atoms with Crippen LogP contribution in [0.1, 0.15) is 56.3 Å². The molecule has 3 aromatic heterocycles. The number of fused-ring (bicyclic) bond motifs is 3. The number of aliphatic imine (C=N–C) groups is 1. The summed E-state index contributed by atoms with van der Waals surface area (Å²) in [6, 6.07) is 6.25. The molecule has 178 valence electrons. The molecule has 3 N–H and O–H groups in total. The summed E-state index contributed by atoms with van der Waals surface area (Å²) in [6.45, 7) is 13.0. The normalized spacial score (nSPS) is 15.4. The average molecular weight is 462 g/mol. The summed E-state index contributed by atoms with van der Waals surface area (Å²) in [6.07, 6.45) is -0.0884. The molecule has 0 saturated heterocycles. The predicted octanol–water partition coefficient (Wildman–Crippen LogP) is 5.42. The SMILES string of the molecule is CCn1nc(C(C)C)cc1NC1=NC(C)Nc2[nH]c3cc(-c4c(C)noc4C)c(OC)cc3c21. The summed E-state index contributed by atoms with van der Waals surface area (Å²) in [5.74, 6) is 4.50. The lowest BCUT2D eigenvalue weighted by atomic mass is 10.00. The second-order valence-electron chi connectivity index (χ2n) is 9.02. The minimum Gasteiger partial charge on any atom is -0.496 e. The van der Waals surface area contributed by atoms with Gasteiger partial charge in [0.25, 0.3) is 0 Å². The quantitative estimate of drug-likeness (QED) is 0.367. The molecule has 4 heterocycles. The van der Waals surface area contributed by atoms with Gasteiger partial charge in [-0.25, -0.2) is 9.67 Å². The van der Waals surface area contributed by atoms with Crippen LogP contribution in [0.3, 0.4) is 0 Å². The largest absolute Gasteiger partial charge is 0.496 e. The van der Waals surface area contributed by atoms with Crippen molar-refractivity contribution in [1.29, 1.82) is 0 Å². The first-order chi connectivity index (χ1) is 16.3. The molecule has 9 nitrogen and oxygen atoms in total. The van der Waals surface area contributed by atoms with Crippen molar-refractivity contribution in [3.63, 3.8) is 0 Å². The molecule has 5 rings (SSSR count). The molecule has 0 amide bonds. The van der Waals surface area contributed by atoms with Gasteiger partial charge in [0, 0.05) is 29.1 Å². The van der Waals surface area contributed by atoms with Gasteiger partial charge in [0.05, 0.1) is 29.6 Å². The maximum atomic E-state index is 5.81. The van der Waals surface area contributed by atoms with Crippen molar-refractivity contribution in [1.82, 2.24) is 19.9 Å². The number of anilines is 2. The van der Waals surface area contributed by atoms with Crippen molar-refractivity contribution in [2.45, 2.75) is 60.2 Å². The Morgan fingerprint density at radius 2 is 2.00 bits per heavy atom. The molecular weight excluding hydrogens is 430 g/mol. The summed E-state index contributed by atoms with van der Waals surface area (Å²) in [5, 5.41) is 16.9. The third-order valence-corrected chi connectivity index (χ3v) is 6.27. The first-order valence-electron chi connectivity index (χ1n) is 11.7. The highest BCUT2D eigenvalue weighted by Gasteiger charge is 2.26. The third-order valence-electron chi connectivity index (χ3n) is 6.27. The number of methoxy groups -OCH3 is 1. The van der Waals surface area contributed by atoms with Crippen LogP contribution in [0.2, 0.25) is 0 Å². The monoisotopic (exact) mass is 461 g/mol. The van der Waals surface area contributed by atoms with E-state index in [1.54, 1.807) is 7.11 Å². The molecule has 1 unspecified atom stereocenters. The van der Waals surface area contributed by atoms with E-state index in [9.17, 15) is 0 Å². The summed E-state index contributed by atoms with van der Waals surface area (Å²) in [7, 11) is 1.68. The number of hydrogen-bond acceptors (Lipinski definition) is 7. The number of aromatic amines is 1. The molecule has 0 fully saturated rings. The summed E-state index contributed by atoms with van der Waals surface area (Å²) >= 11 is 0. The Balaban J connectivity index is 1.64. The van der Waals surface area contributed by atoms with Crippen LogP contribution in [0.5, 0.6) is 5.75 Å². The van der Waals surface area contributed by atoms with Crippen molar-refractivity contribution < 1.29 is 9.26 Å². The van der Waals surface area contributed by atoms with E-state index in [1.165, 1.54) is 0 Å². The van der Waals surface area contributed by atoms with Crippen molar-refractivity contribution in [2.24, 2.45) is 4.99 Å². The van der Waals surface area contributed by atoms with Gasteiger partial charge in [0.1, 0.15) is 35.1 Å². The van der Waals surface area contributed by atoms with E-state index in [1.807, 2.05) is 25.5 Å². The maximum absolute atomic E-state index is 5.81. The molecule has 34 heavy (non-hydrogen) atoms. The molecule has 1 aliphatic heterocycles. The summed E-state index contributed by atoms with van der Waals surface area (Å²) < 4.78 is 13.2. The molecule has 0 saturated carbocycles. The van der Waals surface area contributed by atoms with Gasteiger partial charge in [-0.05, 0) is 45.7 Å². The van der Waals surface area contributed by atoms with Crippen LogP contribution in [0.4, 0.5) is 11.6 Å². The molecule has 0 spiro atoms. The Hall–Kier alpha value is -3.75. The fourth-order valence-electron chi connectivity index (χ4n) is 4.58. The van der Waals surface area contributed by atoms with E-state index in [0.29, 0.717) is 5.92 Å². The Morgan fingerprint density at radius 1 is 1.21 bits per heavy atom. The lowest BCUT2D eigenvalue weighted by Crippen LogP contribution is -2.28. The minimum atomic E-state index is -0.0884. The van der Waals surface area contributed by atoms with Crippen LogP contribution in [-0.2, 0) is 6.54 Å². The number of hydrogen-bond donors (Lipinski definition) is 3. The Morgan fingerprint density at radius 3 is 2.65 bits per heavy atom. The number of amidine groups is 1. The molecule has 1 atom stereocenters. The van der Waals surface area contributed by atoms with Crippen molar-refractivity contribution in [2.75, 3.05) is 17.7 Å². The third kappa shape index (κ3) is 3.52. The fourth-order valence-corrected chi connectivity index (χ4v) is 4.58. The number of H-pyrrole nitrogens is 1. The molecule has 0 radical (unpaired) electrons. The predicted molar refractivity (Wildman–Crippen MR) is 135 cm³/mol. The Bertz CT molecular complexity index is 1390. The van der Waals surface area contributed by atoms with E-state index >= 15 is 0 Å². The number of aromatic nitrogens is 4. The molecular formula is C25H31N7O2. The van der Waals surface area contributed by atoms with Crippen molar-refractivity contribution in [3.8, 4) is 16.9 Å². The minimum absolute atomic E-state index is 0.0884. The molecule has 1 aromatic carbocycles. The fraction of sp³-hybridized carbons (Fsp3) is 0.400. The maximum Gasteiger partial charge on any atom is 0.141 e. The molecule has 1 aliphatic rings. The van der Waals surface area contributed by atoms with Crippen LogP contribution < -0.4 is 15.4 Å². The van der Waals surface area contributed by atoms with Gasteiger partial charge in [-0.15, -0.1) is 0 Å². The summed E-state index contributed by atoms with van der Waals surface area (Å²) in [4.78, 5) is 8.44. The number of nitrogens with one attached hydrogen (secondary N) is 3. The van der Waals surface area contributed by atoms with E-state index in [0.717, 1.165) is 74.5 Å². The van der Waals surface area contributed by atoms with E-state index in [4.69, 9.17) is 19.4 Å². The van der Waals surface area contributed by atoms with Crippen LogP contribution >= 0.6 is 0 Å². The zero-order chi connectivity index (χ0) is 24.1. The lowest BCUT2D eigenvalue weighted by Gasteiger charge is -2.21. The number of nitrogens with zero attached hydrogens (tertiary/aromatic N) is 4. The van der Waals surface area contributed by atoms with Gasteiger partial charge < -0.3 is 24.9 Å². The van der Waals surface area contributed by atoms with Crippen LogP contribution in [0.15, 0.2) is 27.7 Å². The number of aryl methyl sites for hydroxylation is 3. The van der Waals surface area contributed by atoms with Gasteiger partial charge in [0.2, 0.25) is 0 Å². The zero-order valence-electron chi connectivity index (χ0n) is 20.7. The topological polar surface area (TPSA) is 105 Å². The average Bonchev–Trinajstić information content (AvgIpc) is 3.47. The highest BCUT2D eigenvalue weighted by molar-refractivity contribution is 6.20. The van der Waals surface area contributed by atoms with E-state index < -0.39 is 0 Å². The van der Waals surface area contributed by atoms with Crippen LogP contribution in [0.25, 0.3) is 22.0 Å². The summed E-state index contributed by atoms with van der Waals surface area (Å²) in [5.41, 5.74) is 5.73.